The van der Waals surface area contributed by atoms with E-state index in [0.717, 1.165) is 4.31 Å². The fourth-order valence-electron chi connectivity index (χ4n) is 2.95. The summed E-state index contributed by atoms with van der Waals surface area (Å²) < 4.78 is 29.0. The highest BCUT2D eigenvalue weighted by Gasteiger charge is 2.35. The van der Waals surface area contributed by atoms with Gasteiger partial charge in [-0.3, -0.25) is 14.2 Å². The number of amides is 2. The number of carbonyl (C=O) groups excluding carboxylic acids is 2. The van der Waals surface area contributed by atoms with Crippen molar-refractivity contribution in [2.45, 2.75) is 25.3 Å². The van der Waals surface area contributed by atoms with Crippen molar-refractivity contribution in [3.05, 3.63) is 42.0 Å². The van der Waals surface area contributed by atoms with Crippen LogP contribution in [0.1, 0.15) is 30.0 Å². The number of nitrogens with one attached hydrogen (secondary N) is 2. The van der Waals surface area contributed by atoms with E-state index in [-0.39, 0.29) is 35.5 Å². The summed E-state index contributed by atoms with van der Waals surface area (Å²) in [5, 5.41) is 5.24. The third kappa shape index (κ3) is 3.65. The Balaban J connectivity index is 2.12. The first-order valence-corrected chi connectivity index (χ1v) is 10.3. The number of rotatable bonds is 5. The van der Waals surface area contributed by atoms with Crippen LogP contribution < -0.4 is 10.6 Å². The van der Waals surface area contributed by atoms with Crippen molar-refractivity contribution in [1.82, 2.24) is 24.5 Å². The molecule has 0 radical (unpaired) electrons. The van der Waals surface area contributed by atoms with Gasteiger partial charge in [-0.15, -0.1) is 0 Å². The van der Waals surface area contributed by atoms with Crippen molar-refractivity contribution >= 4 is 21.8 Å². The lowest BCUT2D eigenvalue weighted by atomic mass is 10.2. The zero-order chi connectivity index (χ0) is 20.5. The van der Waals surface area contributed by atoms with Gasteiger partial charge in [0.15, 0.2) is 5.69 Å². The highest BCUT2D eigenvalue weighted by Crippen LogP contribution is 2.31. The van der Waals surface area contributed by atoms with E-state index in [9.17, 15) is 18.0 Å². The zero-order valence-electron chi connectivity index (χ0n) is 16.0. The minimum atomic E-state index is -3.94. The number of carbonyl (C=O) groups is 2. The van der Waals surface area contributed by atoms with Gasteiger partial charge in [-0.1, -0.05) is 26.0 Å². The molecule has 2 aromatic rings. The molecule has 28 heavy (non-hydrogen) atoms. The summed E-state index contributed by atoms with van der Waals surface area (Å²) in [6, 6.07) is 6.46. The summed E-state index contributed by atoms with van der Waals surface area (Å²) in [5.41, 5.74) is 0.959. The van der Waals surface area contributed by atoms with Crippen molar-refractivity contribution in [1.29, 1.82) is 0 Å². The van der Waals surface area contributed by atoms with Gasteiger partial charge < -0.3 is 10.6 Å². The SMILES string of the molecule is CNC(=O)CN1Cc2c(C(=O)NCC(C)C)ncn2-c2ccccc2S1(=O)=O. The lowest BCUT2D eigenvalue weighted by molar-refractivity contribution is -0.120. The van der Waals surface area contributed by atoms with Gasteiger partial charge in [0.25, 0.3) is 5.91 Å². The second kappa shape index (κ2) is 7.72. The number of nitrogens with zero attached hydrogens (tertiary/aromatic N) is 3. The molecule has 1 aliphatic heterocycles. The van der Waals surface area contributed by atoms with E-state index in [1.807, 2.05) is 13.8 Å². The summed E-state index contributed by atoms with van der Waals surface area (Å²) in [5.74, 6) is -0.560. The van der Waals surface area contributed by atoms with Gasteiger partial charge in [-0.05, 0) is 18.1 Å². The third-order valence-corrected chi connectivity index (χ3v) is 6.26. The van der Waals surface area contributed by atoms with Crippen LogP contribution >= 0.6 is 0 Å². The molecule has 1 aromatic carbocycles. The van der Waals surface area contributed by atoms with Crippen LogP contribution in [-0.4, -0.2) is 54.2 Å². The molecule has 10 heteroatoms. The second-order valence-corrected chi connectivity index (χ2v) is 8.83. The maximum absolute atomic E-state index is 13.1. The van der Waals surface area contributed by atoms with E-state index >= 15 is 0 Å². The molecule has 3 rings (SSSR count). The van der Waals surface area contributed by atoms with Gasteiger partial charge >= 0.3 is 0 Å². The van der Waals surface area contributed by atoms with E-state index in [4.69, 9.17) is 0 Å². The Bertz CT molecular complexity index is 1010. The molecule has 0 aliphatic carbocycles. The summed E-state index contributed by atoms with van der Waals surface area (Å²) in [6.45, 7) is 3.92. The van der Waals surface area contributed by atoms with E-state index in [1.54, 1.807) is 22.8 Å². The Morgan fingerprint density at radius 3 is 2.64 bits per heavy atom. The molecule has 0 unspecified atom stereocenters. The Kier molecular flexibility index (Phi) is 5.52. The van der Waals surface area contributed by atoms with Crippen molar-refractivity contribution in [2.24, 2.45) is 5.92 Å². The molecule has 2 N–H and O–H groups in total. The molecule has 9 nitrogen and oxygen atoms in total. The molecule has 2 amide bonds. The average Bonchev–Trinajstić information content (AvgIpc) is 3.05. The number of aromatic nitrogens is 2. The Morgan fingerprint density at radius 1 is 1.25 bits per heavy atom. The van der Waals surface area contributed by atoms with Crippen molar-refractivity contribution in [3.8, 4) is 5.69 Å². The average molecular weight is 405 g/mol. The zero-order valence-corrected chi connectivity index (χ0v) is 16.8. The maximum Gasteiger partial charge on any atom is 0.271 e. The summed E-state index contributed by atoms with van der Waals surface area (Å²) >= 11 is 0. The topological polar surface area (TPSA) is 113 Å². The highest BCUT2D eigenvalue weighted by atomic mass is 32.2. The number of likely N-dealkylation sites (N-methyl/N-ethyl adjacent to an activating group) is 1. The molecule has 0 fully saturated rings. The standard InChI is InChI=1S/C18H23N5O4S/c1-12(2)8-20-18(25)17-14-9-22(10-16(24)19-3)28(26,27)15-7-5-4-6-13(15)23(14)11-21-17/h4-7,11-12H,8-10H2,1-3H3,(H,19,24)(H,20,25). The number of hydrogen-bond donors (Lipinski definition) is 2. The number of hydrogen-bond acceptors (Lipinski definition) is 5. The van der Waals surface area contributed by atoms with Crippen molar-refractivity contribution < 1.29 is 18.0 Å². The monoisotopic (exact) mass is 405 g/mol. The largest absolute Gasteiger partial charge is 0.358 e. The van der Waals surface area contributed by atoms with Crippen LogP contribution in [0.4, 0.5) is 0 Å². The van der Waals surface area contributed by atoms with Gasteiger partial charge in [0.1, 0.15) is 11.2 Å². The van der Waals surface area contributed by atoms with Gasteiger partial charge in [-0.2, -0.15) is 4.31 Å². The van der Waals surface area contributed by atoms with Crippen LogP contribution in [0.25, 0.3) is 5.69 Å². The van der Waals surface area contributed by atoms with Crippen LogP contribution in [0.3, 0.4) is 0 Å². The molecular weight excluding hydrogens is 382 g/mol. The van der Waals surface area contributed by atoms with E-state index in [2.05, 4.69) is 15.6 Å². The molecule has 2 heterocycles. The Labute approximate surface area is 163 Å². The molecule has 0 saturated carbocycles. The van der Waals surface area contributed by atoms with E-state index in [0.29, 0.717) is 17.9 Å². The Hall–Kier alpha value is -2.72. The predicted octanol–water partition coefficient (Wildman–Crippen LogP) is 0.508. The van der Waals surface area contributed by atoms with Gasteiger partial charge in [0.2, 0.25) is 15.9 Å². The quantitative estimate of drug-likeness (QED) is 0.752. The number of benzene rings is 1. The van der Waals surface area contributed by atoms with Crippen LogP contribution in [0.5, 0.6) is 0 Å². The molecule has 1 aliphatic rings. The normalized spacial score (nSPS) is 15.4. The lowest BCUT2D eigenvalue weighted by Gasteiger charge is -2.19. The molecule has 0 atom stereocenters. The fourth-order valence-corrected chi connectivity index (χ4v) is 4.49. The van der Waals surface area contributed by atoms with Gasteiger partial charge in [0, 0.05) is 13.6 Å². The smallest absolute Gasteiger partial charge is 0.271 e. The maximum atomic E-state index is 13.1. The first-order valence-electron chi connectivity index (χ1n) is 8.90. The van der Waals surface area contributed by atoms with Crippen LogP contribution in [-0.2, 0) is 21.4 Å². The predicted molar refractivity (Wildman–Crippen MR) is 102 cm³/mol. The Morgan fingerprint density at radius 2 is 1.96 bits per heavy atom. The van der Waals surface area contributed by atoms with Crippen molar-refractivity contribution in [3.63, 3.8) is 0 Å². The summed E-state index contributed by atoms with van der Waals surface area (Å²) in [7, 11) is -2.50. The molecule has 1 aromatic heterocycles. The minimum Gasteiger partial charge on any atom is -0.358 e. The summed E-state index contributed by atoms with van der Waals surface area (Å²) in [4.78, 5) is 28.8. The molecular formula is C18H23N5O4S. The first-order chi connectivity index (χ1) is 13.3. The van der Waals surface area contributed by atoms with Gasteiger partial charge in [-0.25, -0.2) is 13.4 Å². The lowest BCUT2D eigenvalue weighted by Crippen LogP contribution is -2.39. The van der Waals surface area contributed by atoms with Crippen LogP contribution in [0.15, 0.2) is 35.5 Å². The second-order valence-electron chi connectivity index (χ2n) is 6.93. The number of imidazole rings is 1. The van der Waals surface area contributed by atoms with Gasteiger partial charge in [0.05, 0.1) is 24.5 Å². The number of fused-ring (bicyclic) bond motifs is 3. The minimum absolute atomic E-state index is 0.0594. The molecule has 0 bridgehead atoms. The summed E-state index contributed by atoms with van der Waals surface area (Å²) in [6.07, 6.45) is 1.44. The first kappa shape index (κ1) is 20.0. The van der Waals surface area contributed by atoms with Crippen LogP contribution in [0.2, 0.25) is 0 Å². The number of sulfonamides is 1. The molecule has 0 spiro atoms. The molecule has 0 saturated heterocycles. The fraction of sp³-hybridized carbons (Fsp3) is 0.389. The van der Waals surface area contributed by atoms with Crippen molar-refractivity contribution in [2.75, 3.05) is 20.1 Å². The number of para-hydroxylation sites is 1. The van der Waals surface area contributed by atoms with E-state index in [1.165, 1.54) is 19.4 Å². The third-order valence-electron chi connectivity index (χ3n) is 4.42. The highest BCUT2D eigenvalue weighted by molar-refractivity contribution is 7.89. The van der Waals surface area contributed by atoms with E-state index < -0.39 is 15.9 Å². The molecule has 150 valence electrons. The van der Waals surface area contributed by atoms with Crippen LogP contribution in [0, 0.1) is 5.92 Å².